The van der Waals surface area contributed by atoms with Crippen LogP contribution < -0.4 is 5.32 Å². The predicted octanol–water partition coefficient (Wildman–Crippen LogP) is 3.39. The van der Waals surface area contributed by atoms with Gasteiger partial charge in [0.25, 0.3) is 0 Å². The first-order chi connectivity index (χ1) is 7.90. The number of thioether (sulfide) groups is 2. The second-order valence-corrected chi connectivity index (χ2v) is 7.43. The van der Waals surface area contributed by atoms with Gasteiger partial charge in [0.1, 0.15) is 0 Å². The fourth-order valence-electron chi connectivity index (χ4n) is 2.88. The molecule has 1 aliphatic heterocycles. The minimum Gasteiger partial charge on any atom is -0.313 e. The van der Waals surface area contributed by atoms with Crippen LogP contribution in [0.3, 0.4) is 0 Å². The molecule has 0 amide bonds. The van der Waals surface area contributed by atoms with E-state index in [1.54, 1.807) is 0 Å². The molecule has 1 saturated heterocycles. The van der Waals surface area contributed by atoms with Crippen LogP contribution in [0, 0.1) is 5.92 Å². The van der Waals surface area contributed by atoms with Gasteiger partial charge in [0, 0.05) is 11.3 Å². The molecule has 1 nitrogen and oxygen atoms in total. The molecule has 16 heavy (non-hydrogen) atoms. The average molecular weight is 259 g/mol. The van der Waals surface area contributed by atoms with E-state index in [1.165, 1.54) is 56.6 Å². The summed E-state index contributed by atoms with van der Waals surface area (Å²) in [6.07, 6.45) is 10.9. The van der Waals surface area contributed by atoms with Gasteiger partial charge >= 0.3 is 0 Å². The number of hydrogen-bond acceptors (Lipinski definition) is 3. The van der Waals surface area contributed by atoms with Crippen LogP contribution in [0.25, 0.3) is 0 Å². The molecule has 0 radical (unpaired) electrons. The van der Waals surface area contributed by atoms with Crippen molar-refractivity contribution >= 4 is 23.5 Å². The summed E-state index contributed by atoms with van der Waals surface area (Å²) in [6, 6.07) is 0.804. The summed E-state index contributed by atoms with van der Waals surface area (Å²) in [5.74, 6) is 3.75. The molecule has 2 aliphatic rings. The fourth-order valence-corrected chi connectivity index (χ4v) is 5.05. The average Bonchev–Trinajstić information content (AvgIpc) is 2.38. The molecule has 1 saturated carbocycles. The Bertz CT molecular complexity index is 192. The van der Waals surface area contributed by atoms with Crippen LogP contribution in [-0.2, 0) is 0 Å². The fraction of sp³-hybridized carbons (Fsp3) is 1.00. The summed E-state index contributed by atoms with van der Waals surface area (Å²) in [6.45, 7) is 1.28. The van der Waals surface area contributed by atoms with Crippen molar-refractivity contribution in [2.45, 2.75) is 49.8 Å². The Morgan fingerprint density at radius 1 is 1.12 bits per heavy atom. The van der Waals surface area contributed by atoms with Crippen molar-refractivity contribution in [1.82, 2.24) is 5.32 Å². The molecule has 2 atom stereocenters. The molecule has 1 N–H and O–H groups in total. The molecular weight excluding hydrogens is 234 g/mol. The highest BCUT2D eigenvalue weighted by Crippen LogP contribution is 2.28. The highest BCUT2D eigenvalue weighted by molar-refractivity contribution is 7.99. The van der Waals surface area contributed by atoms with Gasteiger partial charge in [-0.3, -0.25) is 0 Å². The van der Waals surface area contributed by atoms with Crippen molar-refractivity contribution in [1.29, 1.82) is 0 Å². The lowest BCUT2D eigenvalue weighted by Gasteiger charge is -2.33. The number of rotatable bonds is 4. The first kappa shape index (κ1) is 13.1. The minimum atomic E-state index is 0.804. The normalized spacial score (nSPS) is 32.8. The zero-order valence-corrected chi connectivity index (χ0v) is 12.0. The van der Waals surface area contributed by atoms with Crippen LogP contribution in [0.4, 0.5) is 0 Å². The van der Waals surface area contributed by atoms with Crippen LogP contribution in [0.1, 0.15) is 38.5 Å². The summed E-state index contributed by atoms with van der Waals surface area (Å²) >= 11 is 4.21. The smallest absolute Gasteiger partial charge is 0.0198 e. The maximum absolute atomic E-state index is 3.86. The molecular formula is C13H25NS2. The number of nitrogens with one attached hydrogen (secondary N) is 1. The first-order valence-corrected chi connectivity index (χ1v) is 9.18. The molecule has 2 rings (SSSR count). The lowest BCUT2D eigenvalue weighted by molar-refractivity contribution is 0.346. The standard InChI is InChI=1S/C13H25NS2/c1-15-13-5-3-2-4-12(13)14-10-11-6-8-16-9-7-11/h11-14H,2-10H2,1H3. The topological polar surface area (TPSA) is 12.0 Å². The van der Waals surface area contributed by atoms with Crippen LogP contribution in [0.15, 0.2) is 0 Å². The quantitative estimate of drug-likeness (QED) is 0.831. The Morgan fingerprint density at radius 3 is 2.62 bits per heavy atom. The van der Waals surface area contributed by atoms with E-state index >= 15 is 0 Å². The highest BCUT2D eigenvalue weighted by Gasteiger charge is 2.24. The van der Waals surface area contributed by atoms with Crippen molar-refractivity contribution in [3.05, 3.63) is 0 Å². The van der Waals surface area contributed by atoms with Crippen molar-refractivity contribution in [3.63, 3.8) is 0 Å². The van der Waals surface area contributed by atoms with Crippen LogP contribution in [0.2, 0.25) is 0 Å². The van der Waals surface area contributed by atoms with Crippen LogP contribution in [-0.4, -0.2) is 35.6 Å². The second kappa shape index (κ2) is 7.17. The summed E-state index contributed by atoms with van der Waals surface area (Å²) in [5.41, 5.74) is 0. The zero-order valence-electron chi connectivity index (χ0n) is 10.4. The largest absolute Gasteiger partial charge is 0.313 e. The molecule has 0 aromatic rings. The van der Waals surface area contributed by atoms with Crippen LogP contribution >= 0.6 is 23.5 Å². The summed E-state index contributed by atoms with van der Waals surface area (Å²) in [5, 5.41) is 4.74. The Morgan fingerprint density at radius 2 is 1.88 bits per heavy atom. The Labute approximate surface area is 109 Å². The van der Waals surface area contributed by atoms with E-state index in [2.05, 4.69) is 35.1 Å². The van der Waals surface area contributed by atoms with Crippen molar-refractivity contribution in [3.8, 4) is 0 Å². The molecule has 0 spiro atoms. The molecule has 3 heteroatoms. The molecule has 2 unspecified atom stereocenters. The van der Waals surface area contributed by atoms with Gasteiger partial charge in [0.2, 0.25) is 0 Å². The van der Waals surface area contributed by atoms with Gasteiger partial charge < -0.3 is 5.32 Å². The zero-order chi connectivity index (χ0) is 11.2. The van der Waals surface area contributed by atoms with E-state index in [0.29, 0.717) is 0 Å². The van der Waals surface area contributed by atoms with E-state index in [-0.39, 0.29) is 0 Å². The SMILES string of the molecule is CSC1CCCCC1NCC1CCSCC1. The van der Waals surface area contributed by atoms with E-state index in [0.717, 1.165) is 17.2 Å². The van der Waals surface area contributed by atoms with Gasteiger partial charge in [0.15, 0.2) is 0 Å². The lowest BCUT2D eigenvalue weighted by atomic mass is 9.93. The predicted molar refractivity (Wildman–Crippen MR) is 77.6 cm³/mol. The number of hydrogen-bond donors (Lipinski definition) is 1. The third-order valence-electron chi connectivity index (χ3n) is 4.01. The second-order valence-electron chi connectivity index (χ2n) is 5.13. The van der Waals surface area contributed by atoms with Gasteiger partial charge in [-0.05, 0) is 55.9 Å². The van der Waals surface area contributed by atoms with Gasteiger partial charge in [-0.1, -0.05) is 12.8 Å². The van der Waals surface area contributed by atoms with Gasteiger partial charge in [-0.25, -0.2) is 0 Å². The molecule has 1 heterocycles. The molecule has 0 aromatic carbocycles. The van der Waals surface area contributed by atoms with Gasteiger partial charge in [0.05, 0.1) is 0 Å². The molecule has 0 aromatic heterocycles. The first-order valence-electron chi connectivity index (χ1n) is 6.74. The third kappa shape index (κ3) is 3.85. The molecule has 2 fully saturated rings. The molecule has 94 valence electrons. The third-order valence-corrected chi connectivity index (χ3v) is 6.23. The van der Waals surface area contributed by atoms with Crippen LogP contribution in [0.5, 0.6) is 0 Å². The Balaban J connectivity index is 1.70. The van der Waals surface area contributed by atoms with Crippen molar-refractivity contribution in [2.75, 3.05) is 24.3 Å². The summed E-state index contributed by atoms with van der Waals surface area (Å²) in [7, 11) is 0. The van der Waals surface area contributed by atoms with Gasteiger partial charge in [-0.15, -0.1) is 0 Å². The molecule has 0 bridgehead atoms. The summed E-state index contributed by atoms with van der Waals surface area (Å²) < 4.78 is 0. The highest BCUT2D eigenvalue weighted by atomic mass is 32.2. The molecule has 1 aliphatic carbocycles. The summed E-state index contributed by atoms with van der Waals surface area (Å²) in [4.78, 5) is 0. The van der Waals surface area contributed by atoms with E-state index in [4.69, 9.17) is 0 Å². The van der Waals surface area contributed by atoms with Crippen molar-refractivity contribution < 1.29 is 0 Å². The maximum Gasteiger partial charge on any atom is 0.0198 e. The Kier molecular flexibility index (Phi) is 5.87. The van der Waals surface area contributed by atoms with E-state index < -0.39 is 0 Å². The monoisotopic (exact) mass is 259 g/mol. The maximum atomic E-state index is 3.86. The van der Waals surface area contributed by atoms with Gasteiger partial charge in [-0.2, -0.15) is 23.5 Å². The Hall–Kier alpha value is 0.660. The van der Waals surface area contributed by atoms with E-state index in [1.807, 2.05) is 0 Å². The minimum absolute atomic E-state index is 0.804. The van der Waals surface area contributed by atoms with E-state index in [9.17, 15) is 0 Å². The lowest BCUT2D eigenvalue weighted by Crippen LogP contribution is -2.43. The van der Waals surface area contributed by atoms with Crippen molar-refractivity contribution in [2.24, 2.45) is 5.92 Å².